The van der Waals surface area contributed by atoms with E-state index in [-0.39, 0.29) is 30.1 Å². The second-order valence-corrected chi connectivity index (χ2v) is 9.05. The summed E-state index contributed by atoms with van der Waals surface area (Å²) < 4.78 is 11.1. The molecular formula is C25H30N2O5. The Morgan fingerprint density at radius 3 is 2.69 bits per heavy atom. The van der Waals surface area contributed by atoms with E-state index in [4.69, 9.17) is 9.47 Å². The quantitative estimate of drug-likeness (QED) is 0.594. The third kappa shape index (κ3) is 6.83. The predicted octanol–water partition coefficient (Wildman–Crippen LogP) is 4.46. The lowest BCUT2D eigenvalue weighted by Crippen LogP contribution is -2.25. The summed E-state index contributed by atoms with van der Waals surface area (Å²) in [6, 6.07) is 13.0. The molecule has 2 N–H and O–H groups in total. The molecule has 0 aromatic heterocycles. The van der Waals surface area contributed by atoms with E-state index in [9.17, 15) is 14.4 Å². The fourth-order valence-electron chi connectivity index (χ4n) is 3.31. The highest BCUT2D eigenvalue weighted by atomic mass is 16.6. The molecule has 0 unspecified atom stereocenters. The predicted molar refractivity (Wildman–Crippen MR) is 122 cm³/mol. The average Bonchev–Trinajstić information content (AvgIpc) is 3.08. The van der Waals surface area contributed by atoms with Gasteiger partial charge in [-0.05, 0) is 56.5 Å². The first-order valence-electron chi connectivity index (χ1n) is 10.8. The highest BCUT2D eigenvalue weighted by molar-refractivity contribution is 5.99. The van der Waals surface area contributed by atoms with Gasteiger partial charge in [-0.15, -0.1) is 0 Å². The van der Waals surface area contributed by atoms with Gasteiger partial charge in [0.25, 0.3) is 0 Å². The smallest absolute Gasteiger partial charge is 0.306 e. The molecule has 7 heteroatoms. The molecule has 3 rings (SSSR count). The summed E-state index contributed by atoms with van der Waals surface area (Å²) in [5.41, 5.74) is 2.79. The molecule has 0 bridgehead atoms. The molecule has 2 aromatic rings. The van der Waals surface area contributed by atoms with Gasteiger partial charge >= 0.3 is 5.97 Å². The number of fused-ring (bicyclic) bond motifs is 1. The van der Waals surface area contributed by atoms with Gasteiger partial charge in [0, 0.05) is 29.8 Å². The van der Waals surface area contributed by atoms with E-state index in [0.717, 1.165) is 16.8 Å². The number of carbonyl (C=O) groups is 3. The van der Waals surface area contributed by atoms with Gasteiger partial charge < -0.3 is 20.1 Å². The third-order valence-corrected chi connectivity index (χ3v) is 4.96. The van der Waals surface area contributed by atoms with Crippen LogP contribution in [0.5, 0.6) is 5.75 Å². The normalized spacial score (nSPS) is 13.7. The van der Waals surface area contributed by atoms with E-state index in [1.165, 1.54) is 0 Å². The highest BCUT2D eigenvalue weighted by Gasteiger charge is 2.20. The van der Waals surface area contributed by atoms with E-state index in [0.29, 0.717) is 30.9 Å². The second kappa shape index (κ2) is 9.85. The molecule has 1 aliphatic rings. The van der Waals surface area contributed by atoms with Crippen molar-refractivity contribution >= 4 is 29.2 Å². The van der Waals surface area contributed by atoms with Crippen molar-refractivity contribution in [3.05, 3.63) is 53.6 Å². The minimum Gasteiger partial charge on any atom is -0.489 e. The number of hydrogen-bond donors (Lipinski definition) is 2. The monoisotopic (exact) mass is 438 g/mol. The Balaban J connectivity index is 1.50. The van der Waals surface area contributed by atoms with Crippen molar-refractivity contribution in [3.63, 3.8) is 0 Å². The van der Waals surface area contributed by atoms with Crippen LogP contribution in [0.2, 0.25) is 0 Å². The van der Waals surface area contributed by atoms with Crippen LogP contribution in [0, 0.1) is 5.92 Å². The lowest BCUT2D eigenvalue weighted by Gasteiger charge is -2.20. The van der Waals surface area contributed by atoms with Gasteiger partial charge in [0.1, 0.15) is 18.0 Å². The highest BCUT2D eigenvalue weighted by Crippen LogP contribution is 2.28. The van der Waals surface area contributed by atoms with Gasteiger partial charge in [-0.1, -0.05) is 25.1 Å². The SMILES string of the molecule is C[C@@H](CCC(=O)OC(C)(C)C)C(=O)Nc1cccc(COc2ccc3c(c2)NC(=O)C3)c1. The average molecular weight is 439 g/mol. The zero-order valence-corrected chi connectivity index (χ0v) is 19.0. The number of rotatable bonds is 8. The lowest BCUT2D eigenvalue weighted by atomic mass is 10.0. The maximum atomic E-state index is 12.5. The van der Waals surface area contributed by atoms with Crippen molar-refractivity contribution in [1.29, 1.82) is 0 Å². The molecule has 2 amide bonds. The number of carbonyl (C=O) groups excluding carboxylic acids is 3. The fraction of sp³-hybridized carbons (Fsp3) is 0.400. The van der Waals surface area contributed by atoms with Crippen molar-refractivity contribution in [2.75, 3.05) is 10.6 Å². The minimum atomic E-state index is -0.529. The van der Waals surface area contributed by atoms with Gasteiger partial charge in [0.05, 0.1) is 6.42 Å². The standard InChI is InChI=1S/C25H30N2O5/c1-16(8-11-23(29)32-25(2,3)4)24(30)26-19-7-5-6-17(12-19)15-31-20-10-9-18-13-22(28)27-21(18)14-20/h5-7,9-10,12,14,16H,8,11,13,15H2,1-4H3,(H,26,30)(H,27,28)/t16-/m0/s1. The zero-order valence-electron chi connectivity index (χ0n) is 19.0. The Hall–Kier alpha value is -3.35. The first kappa shape index (κ1) is 23.3. The number of nitrogens with one attached hydrogen (secondary N) is 2. The van der Waals surface area contributed by atoms with E-state index in [1.54, 1.807) is 6.92 Å². The number of ether oxygens (including phenoxy) is 2. The summed E-state index contributed by atoms with van der Waals surface area (Å²) in [5.74, 6) is -0.135. The molecule has 32 heavy (non-hydrogen) atoms. The number of amides is 2. The van der Waals surface area contributed by atoms with Gasteiger partial charge in [0.15, 0.2) is 0 Å². The van der Waals surface area contributed by atoms with E-state index < -0.39 is 5.60 Å². The topological polar surface area (TPSA) is 93.7 Å². The molecule has 0 saturated carbocycles. The molecule has 0 saturated heterocycles. The Morgan fingerprint density at radius 1 is 1.16 bits per heavy atom. The van der Waals surface area contributed by atoms with E-state index >= 15 is 0 Å². The Kier molecular flexibility index (Phi) is 7.18. The maximum Gasteiger partial charge on any atom is 0.306 e. The van der Waals surface area contributed by atoms with E-state index in [2.05, 4.69) is 10.6 Å². The first-order valence-corrected chi connectivity index (χ1v) is 10.8. The Morgan fingerprint density at radius 2 is 1.94 bits per heavy atom. The molecule has 7 nitrogen and oxygen atoms in total. The zero-order chi connectivity index (χ0) is 23.3. The molecule has 1 heterocycles. The van der Waals surface area contributed by atoms with Crippen molar-refractivity contribution in [3.8, 4) is 5.75 Å². The maximum absolute atomic E-state index is 12.5. The third-order valence-electron chi connectivity index (χ3n) is 4.96. The van der Waals surface area contributed by atoms with Crippen LogP contribution in [0.25, 0.3) is 0 Å². The number of anilines is 2. The van der Waals surface area contributed by atoms with Crippen LogP contribution in [-0.2, 0) is 32.1 Å². The van der Waals surface area contributed by atoms with Crippen LogP contribution < -0.4 is 15.4 Å². The summed E-state index contributed by atoms with van der Waals surface area (Å²) in [5, 5.41) is 5.71. The summed E-state index contributed by atoms with van der Waals surface area (Å²) in [6.07, 6.45) is 1.01. The summed E-state index contributed by atoms with van der Waals surface area (Å²) in [4.78, 5) is 35.9. The molecule has 0 spiro atoms. The number of hydrogen-bond acceptors (Lipinski definition) is 5. The van der Waals surface area contributed by atoms with E-state index in [1.807, 2.05) is 63.2 Å². The van der Waals surface area contributed by atoms with Crippen LogP contribution >= 0.6 is 0 Å². The molecule has 1 atom stereocenters. The minimum absolute atomic E-state index is 0.0130. The number of benzene rings is 2. The number of esters is 1. The molecule has 2 aromatic carbocycles. The van der Waals surface area contributed by atoms with Crippen LogP contribution in [0.1, 0.15) is 51.7 Å². The van der Waals surface area contributed by atoms with Gasteiger partial charge in [-0.3, -0.25) is 14.4 Å². The van der Waals surface area contributed by atoms with Crippen LogP contribution in [-0.4, -0.2) is 23.4 Å². The second-order valence-electron chi connectivity index (χ2n) is 9.05. The summed E-state index contributed by atoms with van der Waals surface area (Å²) >= 11 is 0. The van der Waals surface area contributed by atoms with Crippen molar-refractivity contribution in [2.45, 2.75) is 59.2 Å². The van der Waals surface area contributed by atoms with Crippen LogP contribution in [0.4, 0.5) is 11.4 Å². The van der Waals surface area contributed by atoms with Crippen molar-refractivity contribution in [1.82, 2.24) is 0 Å². The first-order chi connectivity index (χ1) is 15.1. The van der Waals surface area contributed by atoms with Crippen LogP contribution in [0.3, 0.4) is 0 Å². The Labute approximate surface area is 188 Å². The van der Waals surface area contributed by atoms with Gasteiger partial charge in [-0.2, -0.15) is 0 Å². The lowest BCUT2D eigenvalue weighted by molar-refractivity contribution is -0.155. The van der Waals surface area contributed by atoms with Crippen molar-refractivity contribution < 1.29 is 23.9 Å². The molecule has 0 radical (unpaired) electrons. The molecular weight excluding hydrogens is 408 g/mol. The van der Waals surface area contributed by atoms with Gasteiger partial charge in [-0.25, -0.2) is 0 Å². The van der Waals surface area contributed by atoms with Gasteiger partial charge in [0.2, 0.25) is 11.8 Å². The van der Waals surface area contributed by atoms with Crippen molar-refractivity contribution in [2.24, 2.45) is 5.92 Å². The Bertz CT molecular complexity index is 1010. The molecule has 1 aliphatic heterocycles. The summed E-state index contributed by atoms with van der Waals surface area (Å²) in [6.45, 7) is 7.57. The fourth-order valence-corrected chi connectivity index (χ4v) is 3.31. The largest absolute Gasteiger partial charge is 0.489 e. The molecule has 0 fully saturated rings. The molecule has 0 aliphatic carbocycles. The summed E-state index contributed by atoms with van der Waals surface area (Å²) in [7, 11) is 0. The molecule has 170 valence electrons. The van der Waals surface area contributed by atoms with Crippen LogP contribution in [0.15, 0.2) is 42.5 Å².